The highest BCUT2D eigenvalue weighted by molar-refractivity contribution is 5.70. The highest BCUT2D eigenvalue weighted by Crippen LogP contribution is 2.38. The van der Waals surface area contributed by atoms with Gasteiger partial charge in [0.1, 0.15) is 11.8 Å². The summed E-state index contributed by atoms with van der Waals surface area (Å²) in [6, 6.07) is 9.51. The van der Waals surface area contributed by atoms with E-state index in [0.717, 1.165) is 12.0 Å². The number of carbonyl (C=O) groups excluding carboxylic acids is 1. The fraction of sp³-hybridized carbons (Fsp3) is 0.632. The number of alkyl halides is 1. The van der Waals surface area contributed by atoms with Gasteiger partial charge in [-0.2, -0.15) is 0 Å². The molecule has 132 valence electrons. The van der Waals surface area contributed by atoms with Crippen molar-refractivity contribution in [3.63, 3.8) is 0 Å². The summed E-state index contributed by atoms with van der Waals surface area (Å²) in [5, 5.41) is 3.34. The summed E-state index contributed by atoms with van der Waals surface area (Å²) in [7, 11) is 0. The molecule has 1 amide bonds. The number of rotatable bonds is 3. The van der Waals surface area contributed by atoms with E-state index < -0.39 is 11.8 Å². The first kappa shape index (κ1) is 17.2. The Balaban J connectivity index is 1.62. The summed E-state index contributed by atoms with van der Waals surface area (Å²) in [5.41, 5.74) is 0.594. The molecule has 3 rings (SSSR count). The van der Waals surface area contributed by atoms with Crippen LogP contribution in [-0.2, 0) is 11.3 Å². The van der Waals surface area contributed by atoms with Crippen molar-refractivity contribution >= 4 is 6.09 Å². The van der Waals surface area contributed by atoms with Gasteiger partial charge in [0.15, 0.2) is 0 Å². The van der Waals surface area contributed by atoms with E-state index >= 15 is 0 Å². The molecule has 1 N–H and O–H groups in total. The first-order chi connectivity index (χ1) is 11.3. The quantitative estimate of drug-likeness (QED) is 0.917. The Bertz CT molecular complexity index is 572. The molecule has 2 aliphatic rings. The third-order valence-corrected chi connectivity index (χ3v) is 4.84. The van der Waals surface area contributed by atoms with Crippen LogP contribution in [-0.4, -0.2) is 40.9 Å². The van der Waals surface area contributed by atoms with Gasteiger partial charge in [-0.1, -0.05) is 30.3 Å². The molecule has 2 heterocycles. The van der Waals surface area contributed by atoms with Gasteiger partial charge in [-0.05, 0) is 45.6 Å². The lowest BCUT2D eigenvalue weighted by molar-refractivity contribution is -0.0135. The summed E-state index contributed by atoms with van der Waals surface area (Å²) in [6.07, 6.45) is 0.783. The fourth-order valence-corrected chi connectivity index (χ4v) is 3.79. The van der Waals surface area contributed by atoms with Crippen molar-refractivity contribution in [2.45, 2.75) is 76.5 Å². The summed E-state index contributed by atoms with van der Waals surface area (Å²) in [4.78, 5) is 14.1. The van der Waals surface area contributed by atoms with Crippen LogP contribution in [0.2, 0.25) is 0 Å². The number of nitrogens with one attached hydrogen (secondary N) is 1. The minimum absolute atomic E-state index is 0.0742. The lowest BCUT2D eigenvalue weighted by Gasteiger charge is -2.41. The average molecular weight is 334 g/mol. The Hall–Kier alpha value is -1.62. The lowest BCUT2D eigenvalue weighted by atomic mass is 9.95. The molecule has 1 aromatic rings. The normalized spacial score (nSPS) is 29.6. The zero-order valence-electron chi connectivity index (χ0n) is 14.7. The first-order valence-electron chi connectivity index (χ1n) is 8.78. The van der Waals surface area contributed by atoms with E-state index in [1.54, 1.807) is 4.90 Å². The third-order valence-electron chi connectivity index (χ3n) is 4.84. The number of halogens is 1. The minimum Gasteiger partial charge on any atom is -0.444 e. The molecule has 2 saturated heterocycles. The standard InChI is InChI=1S/C19H27FN2O2/c1-19(2,3)24-18(23)22-14-9-10-16(22)17(20)15(11-14)21-12-13-7-5-4-6-8-13/h4-8,14-17,21H,9-12H2,1-3H3/t14?,15-,16?,17-/m1/s1. The van der Waals surface area contributed by atoms with E-state index in [1.165, 1.54) is 0 Å². The van der Waals surface area contributed by atoms with Crippen molar-refractivity contribution in [3.8, 4) is 0 Å². The molecule has 1 aromatic carbocycles. The number of nitrogens with zero attached hydrogens (tertiary/aromatic N) is 1. The zero-order chi connectivity index (χ0) is 17.3. The number of hydrogen-bond donors (Lipinski definition) is 1. The predicted octanol–water partition coefficient (Wildman–Crippen LogP) is 3.65. The van der Waals surface area contributed by atoms with Gasteiger partial charge >= 0.3 is 6.09 Å². The predicted molar refractivity (Wildman–Crippen MR) is 91.5 cm³/mol. The molecule has 4 nitrogen and oxygen atoms in total. The monoisotopic (exact) mass is 334 g/mol. The van der Waals surface area contributed by atoms with Crippen molar-refractivity contribution in [2.24, 2.45) is 0 Å². The molecular weight excluding hydrogens is 307 g/mol. The average Bonchev–Trinajstić information content (AvgIpc) is 2.87. The van der Waals surface area contributed by atoms with Gasteiger partial charge in [-0.15, -0.1) is 0 Å². The topological polar surface area (TPSA) is 41.6 Å². The summed E-state index contributed by atoms with van der Waals surface area (Å²) < 4.78 is 20.4. The molecular formula is C19H27FN2O2. The van der Waals surface area contributed by atoms with E-state index in [1.807, 2.05) is 51.1 Å². The van der Waals surface area contributed by atoms with Gasteiger partial charge in [-0.25, -0.2) is 9.18 Å². The largest absolute Gasteiger partial charge is 0.444 e. The maximum absolute atomic E-state index is 15.0. The maximum atomic E-state index is 15.0. The van der Waals surface area contributed by atoms with Gasteiger partial charge in [0, 0.05) is 18.6 Å². The Morgan fingerprint density at radius 3 is 2.67 bits per heavy atom. The second-order valence-corrected chi connectivity index (χ2v) is 7.84. The van der Waals surface area contributed by atoms with E-state index in [4.69, 9.17) is 4.74 Å². The van der Waals surface area contributed by atoms with Crippen LogP contribution in [0.5, 0.6) is 0 Å². The van der Waals surface area contributed by atoms with Crippen LogP contribution in [0.25, 0.3) is 0 Å². The third kappa shape index (κ3) is 3.72. The van der Waals surface area contributed by atoms with Gasteiger partial charge < -0.3 is 10.1 Å². The van der Waals surface area contributed by atoms with Gasteiger partial charge in [0.25, 0.3) is 0 Å². The van der Waals surface area contributed by atoms with Crippen molar-refractivity contribution in [1.82, 2.24) is 10.2 Å². The molecule has 24 heavy (non-hydrogen) atoms. The van der Waals surface area contributed by atoms with Crippen LogP contribution in [0.4, 0.5) is 9.18 Å². The second-order valence-electron chi connectivity index (χ2n) is 7.84. The highest BCUT2D eigenvalue weighted by atomic mass is 19.1. The van der Waals surface area contributed by atoms with Crippen molar-refractivity contribution in [3.05, 3.63) is 35.9 Å². The molecule has 2 unspecified atom stereocenters. The summed E-state index contributed by atoms with van der Waals surface area (Å²) in [5.74, 6) is 0. The van der Waals surface area contributed by atoms with Crippen LogP contribution in [0, 0.1) is 0 Å². The van der Waals surface area contributed by atoms with Crippen LogP contribution in [0.3, 0.4) is 0 Å². The van der Waals surface area contributed by atoms with E-state index in [2.05, 4.69) is 5.32 Å². The van der Waals surface area contributed by atoms with E-state index in [9.17, 15) is 9.18 Å². The van der Waals surface area contributed by atoms with Crippen molar-refractivity contribution in [1.29, 1.82) is 0 Å². The van der Waals surface area contributed by atoms with Crippen LogP contribution < -0.4 is 5.32 Å². The molecule has 0 radical (unpaired) electrons. The summed E-state index contributed by atoms with van der Waals surface area (Å²) >= 11 is 0. The van der Waals surface area contributed by atoms with Crippen LogP contribution in [0.1, 0.15) is 45.6 Å². The number of benzene rings is 1. The van der Waals surface area contributed by atoms with Gasteiger partial charge in [-0.3, -0.25) is 4.90 Å². The number of fused-ring (bicyclic) bond motifs is 2. The molecule has 4 atom stereocenters. The van der Waals surface area contributed by atoms with Crippen molar-refractivity contribution in [2.75, 3.05) is 0 Å². The lowest BCUT2D eigenvalue weighted by Crippen LogP contribution is -2.59. The molecule has 0 aliphatic carbocycles. The van der Waals surface area contributed by atoms with E-state index in [0.29, 0.717) is 19.4 Å². The maximum Gasteiger partial charge on any atom is 0.410 e. The molecule has 5 heteroatoms. The smallest absolute Gasteiger partial charge is 0.410 e. The molecule has 0 aromatic heterocycles. The first-order valence-corrected chi connectivity index (χ1v) is 8.78. The van der Waals surface area contributed by atoms with Gasteiger partial charge in [0.05, 0.1) is 6.04 Å². The minimum atomic E-state index is -1.06. The Labute approximate surface area is 143 Å². The zero-order valence-corrected chi connectivity index (χ0v) is 14.7. The van der Waals surface area contributed by atoms with Gasteiger partial charge in [0.2, 0.25) is 0 Å². The van der Waals surface area contributed by atoms with Crippen LogP contribution >= 0.6 is 0 Å². The second kappa shape index (κ2) is 6.71. The Morgan fingerprint density at radius 1 is 1.29 bits per heavy atom. The highest BCUT2D eigenvalue weighted by Gasteiger charge is 2.50. The number of hydrogen-bond acceptors (Lipinski definition) is 3. The molecule has 0 saturated carbocycles. The Kier molecular flexibility index (Phi) is 4.81. The molecule has 2 fully saturated rings. The van der Waals surface area contributed by atoms with Crippen molar-refractivity contribution < 1.29 is 13.9 Å². The Morgan fingerprint density at radius 2 is 2.00 bits per heavy atom. The van der Waals surface area contributed by atoms with E-state index in [-0.39, 0.29) is 24.2 Å². The SMILES string of the molecule is CC(C)(C)OC(=O)N1C2CCC1[C@H](F)[C@H](NCc1ccccc1)C2. The number of piperidine rings is 1. The van der Waals surface area contributed by atoms with Crippen LogP contribution in [0.15, 0.2) is 30.3 Å². The molecule has 0 spiro atoms. The summed E-state index contributed by atoms with van der Waals surface area (Å²) in [6.45, 7) is 6.17. The molecule has 2 bridgehead atoms. The number of amides is 1. The fourth-order valence-electron chi connectivity index (χ4n) is 3.79. The molecule has 2 aliphatic heterocycles. The number of carbonyl (C=O) groups is 1. The number of ether oxygens (including phenoxy) is 1.